The molecule has 8 nitrogen and oxygen atoms in total. The highest BCUT2D eigenvalue weighted by atomic mass is 79.9. The van der Waals surface area contributed by atoms with E-state index in [9.17, 15) is 0 Å². The third-order valence-corrected chi connectivity index (χ3v) is 5.12. The fraction of sp³-hybridized carbons (Fsp3) is 0.500. The molecular formula is C16H21BrN8. The van der Waals surface area contributed by atoms with Crippen LogP contribution in [0.4, 0.5) is 11.5 Å². The first kappa shape index (κ1) is 16.5. The quantitative estimate of drug-likeness (QED) is 0.703. The van der Waals surface area contributed by atoms with Crippen LogP contribution in [0.15, 0.2) is 23.3 Å². The topological polar surface area (TPSA) is 76.7 Å². The molecule has 0 aromatic carbocycles. The van der Waals surface area contributed by atoms with E-state index in [0.717, 1.165) is 40.2 Å². The zero-order chi connectivity index (χ0) is 17.2. The largest absolute Gasteiger partial charge is 0.337 e. The Morgan fingerprint density at radius 2 is 2.00 bits per heavy atom. The zero-order valence-electron chi connectivity index (χ0n) is 14.2. The monoisotopic (exact) mass is 404 g/mol. The van der Waals surface area contributed by atoms with Crippen molar-refractivity contribution in [1.82, 2.24) is 34.4 Å². The maximum Gasteiger partial charge on any atom is 0.164 e. The van der Waals surface area contributed by atoms with E-state index in [1.165, 1.54) is 32.4 Å². The van der Waals surface area contributed by atoms with E-state index in [1.54, 1.807) is 11.0 Å². The average molecular weight is 405 g/mol. The van der Waals surface area contributed by atoms with Crippen molar-refractivity contribution >= 4 is 38.5 Å². The molecule has 4 heterocycles. The van der Waals surface area contributed by atoms with E-state index in [1.807, 2.05) is 24.1 Å². The minimum Gasteiger partial charge on any atom is -0.337 e. The predicted octanol–water partition coefficient (Wildman–Crippen LogP) is 2.55. The van der Waals surface area contributed by atoms with Gasteiger partial charge in [-0.05, 0) is 41.9 Å². The molecular weight excluding hydrogens is 384 g/mol. The number of hydrogen-bond donors (Lipinski definition) is 1. The van der Waals surface area contributed by atoms with Crippen molar-refractivity contribution in [1.29, 1.82) is 0 Å². The van der Waals surface area contributed by atoms with Gasteiger partial charge in [-0.25, -0.2) is 14.6 Å². The van der Waals surface area contributed by atoms with E-state index >= 15 is 0 Å². The number of halogens is 1. The van der Waals surface area contributed by atoms with Crippen LogP contribution in [0.5, 0.6) is 0 Å². The molecule has 1 saturated heterocycles. The van der Waals surface area contributed by atoms with Crippen LogP contribution in [-0.2, 0) is 13.6 Å². The lowest BCUT2D eigenvalue weighted by atomic mass is 10.1. The lowest BCUT2D eigenvalue weighted by Gasteiger charge is -2.26. The minimum absolute atomic E-state index is 0.723. The highest BCUT2D eigenvalue weighted by Crippen LogP contribution is 2.28. The van der Waals surface area contributed by atoms with E-state index in [0.29, 0.717) is 0 Å². The molecule has 0 aliphatic carbocycles. The number of anilines is 2. The Bertz CT molecular complexity index is 864. The summed E-state index contributed by atoms with van der Waals surface area (Å²) in [6, 6.07) is 0. The van der Waals surface area contributed by atoms with Crippen molar-refractivity contribution in [2.24, 2.45) is 7.05 Å². The van der Waals surface area contributed by atoms with Crippen LogP contribution in [0.25, 0.3) is 11.0 Å². The first-order valence-electron chi connectivity index (χ1n) is 8.56. The molecule has 1 N–H and O–H groups in total. The van der Waals surface area contributed by atoms with Crippen LogP contribution in [0, 0.1) is 0 Å². The van der Waals surface area contributed by atoms with Crippen LogP contribution in [0.2, 0.25) is 0 Å². The number of fused-ring (bicyclic) bond motifs is 1. The summed E-state index contributed by atoms with van der Waals surface area (Å²) in [5, 5.41) is 13.0. The maximum atomic E-state index is 4.46. The number of hydrogen-bond acceptors (Lipinski definition) is 6. The lowest BCUT2D eigenvalue weighted by molar-refractivity contribution is 0.218. The van der Waals surface area contributed by atoms with Gasteiger partial charge in [0.1, 0.15) is 16.7 Å². The summed E-state index contributed by atoms with van der Waals surface area (Å²) in [5.41, 5.74) is 1.69. The van der Waals surface area contributed by atoms with Gasteiger partial charge in [-0.2, -0.15) is 10.2 Å². The van der Waals surface area contributed by atoms with E-state index in [4.69, 9.17) is 0 Å². The van der Waals surface area contributed by atoms with Crippen LogP contribution < -0.4 is 5.32 Å². The molecule has 0 unspecified atom stereocenters. The predicted molar refractivity (Wildman–Crippen MR) is 99.8 cm³/mol. The highest BCUT2D eigenvalue weighted by Gasteiger charge is 2.14. The minimum atomic E-state index is 0.723. The van der Waals surface area contributed by atoms with Gasteiger partial charge in [0, 0.05) is 19.8 Å². The first-order chi connectivity index (χ1) is 12.2. The smallest absolute Gasteiger partial charge is 0.164 e. The van der Waals surface area contributed by atoms with E-state index in [2.05, 4.69) is 46.3 Å². The molecule has 4 rings (SSSR count). The first-order valence-corrected chi connectivity index (χ1v) is 9.35. The molecule has 25 heavy (non-hydrogen) atoms. The summed E-state index contributed by atoms with van der Waals surface area (Å²) >= 11 is 3.48. The molecule has 1 aliphatic heterocycles. The van der Waals surface area contributed by atoms with E-state index < -0.39 is 0 Å². The Kier molecular flexibility index (Phi) is 4.67. The molecule has 132 valence electrons. The number of aromatic nitrogens is 6. The molecule has 1 aliphatic rings. The molecule has 3 aromatic heterocycles. The number of nitrogens with zero attached hydrogens (tertiary/aromatic N) is 7. The summed E-state index contributed by atoms with van der Waals surface area (Å²) in [7, 11) is 1.86. The Morgan fingerprint density at radius 1 is 1.16 bits per heavy atom. The van der Waals surface area contributed by atoms with Crippen LogP contribution >= 0.6 is 15.9 Å². The van der Waals surface area contributed by atoms with Gasteiger partial charge in [0.25, 0.3) is 0 Å². The summed E-state index contributed by atoms with van der Waals surface area (Å²) in [6.45, 7) is 4.37. The third kappa shape index (κ3) is 3.52. The second-order valence-electron chi connectivity index (χ2n) is 6.35. The lowest BCUT2D eigenvalue weighted by Crippen LogP contribution is -2.32. The normalized spacial score (nSPS) is 15.8. The van der Waals surface area contributed by atoms with Gasteiger partial charge in [0.05, 0.1) is 23.8 Å². The fourth-order valence-corrected chi connectivity index (χ4v) is 3.85. The van der Waals surface area contributed by atoms with Crippen LogP contribution in [-0.4, -0.2) is 54.1 Å². The molecule has 9 heteroatoms. The Labute approximate surface area is 154 Å². The molecule has 0 radical (unpaired) electrons. The van der Waals surface area contributed by atoms with Crippen molar-refractivity contribution < 1.29 is 0 Å². The van der Waals surface area contributed by atoms with Gasteiger partial charge in [0.2, 0.25) is 0 Å². The van der Waals surface area contributed by atoms with Gasteiger partial charge < -0.3 is 10.2 Å². The molecule has 0 spiro atoms. The molecule has 0 amide bonds. The van der Waals surface area contributed by atoms with Gasteiger partial charge in [0.15, 0.2) is 5.65 Å². The van der Waals surface area contributed by atoms with E-state index in [-0.39, 0.29) is 0 Å². The van der Waals surface area contributed by atoms with Gasteiger partial charge in [-0.1, -0.05) is 6.42 Å². The maximum absolute atomic E-state index is 4.46. The van der Waals surface area contributed by atoms with Gasteiger partial charge in [-0.3, -0.25) is 4.68 Å². The summed E-state index contributed by atoms with van der Waals surface area (Å²) in [5.74, 6) is 0.723. The van der Waals surface area contributed by atoms with Crippen molar-refractivity contribution in [2.75, 3.05) is 25.0 Å². The molecule has 3 aromatic rings. The standard InChI is InChI=1S/C16H21BrN8/c1-23-16-13(14(17)22-23)15(18-11-19-16)21-12-9-20-25(10-12)8-7-24-5-3-2-4-6-24/h9-11H,2-8H2,1H3,(H,18,19,21). The van der Waals surface area contributed by atoms with Crippen molar-refractivity contribution in [3.63, 3.8) is 0 Å². The Balaban J connectivity index is 1.46. The number of piperidine rings is 1. The van der Waals surface area contributed by atoms with Gasteiger partial charge >= 0.3 is 0 Å². The van der Waals surface area contributed by atoms with Crippen LogP contribution in [0.1, 0.15) is 19.3 Å². The molecule has 1 fully saturated rings. The van der Waals surface area contributed by atoms with Crippen molar-refractivity contribution in [3.05, 3.63) is 23.3 Å². The third-order valence-electron chi connectivity index (χ3n) is 4.57. The average Bonchev–Trinajstić information content (AvgIpc) is 3.19. The van der Waals surface area contributed by atoms with Crippen molar-refractivity contribution in [3.8, 4) is 0 Å². The second-order valence-corrected chi connectivity index (χ2v) is 7.11. The summed E-state index contributed by atoms with van der Waals surface area (Å²) in [4.78, 5) is 11.2. The fourth-order valence-electron chi connectivity index (χ4n) is 3.25. The Hall–Kier alpha value is -2.00. The number of rotatable bonds is 5. The highest BCUT2D eigenvalue weighted by molar-refractivity contribution is 9.10. The number of aryl methyl sites for hydroxylation is 1. The number of likely N-dealkylation sites (tertiary alicyclic amines) is 1. The summed E-state index contributed by atoms with van der Waals surface area (Å²) < 4.78 is 4.44. The van der Waals surface area contributed by atoms with Gasteiger partial charge in [-0.15, -0.1) is 0 Å². The molecule has 0 bridgehead atoms. The zero-order valence-corrected chi connectivity index (χ0v) is 15.8. The second kappa shape index (κ2) is 7.09. The molecule has 0 atom stereocenters. The summed E-state index contributed by atoms with van der Waals surface area (Å²) in [6.07, 6.45) is 9.38. The van der Waals surface area contributed by atoms with Crippen LogP contribution in [0.3, 0.4) is 0 Å². The molecule has 0 saturated carbocycles. The number of nitrogens with one attached hydrogen (secondary N) is 1. The SMILES string of the molecule is Cn1nc(Br)c2c(Nc3cnn(CCN4CCCCC4)c3)ncnc21. The Morgan fingerprint density at radius 3 is 2.84 bits per heavy atom. The van der Waals surface area contributed by atoms with Crippen molar-refractivity contribution in [2.45, 2.75) is 25.8 Å².